The van der Waals surface area contributed by atoms with Gasteiger partial charge in [0.2, 0.25) is 5.91 Å². The largest absolute Gasteiger partial charge is 0.497 e. The van der Waals surface area contributed by atoms with Crippen molar-refractivity contribution < 1.29 is 17.9 Å². The summed E-state index contributed by atoms with van der Waals surface area (Å²) in [6, 6.07) is 17.2. The number of piperidine rings is 1. The Hall–Kier alpha value is -4.58. The van der Waals surface area contributed by atoms with Crippen molar-refractivity contribution in [2.24, 2.45) is 5.92 Å². The number of hydrogen-bond acceptors (Lipinski definition) is 9. The van der Waals surface area contributed by atoms with Gasteiger partial charge >= 0.3 is 0 Å². The number of rotatable bonds is 8. The lowest BCUT2D eigenvalue weighted by Gasteiger charge is -2.33. The molecule has 5 rings (SSSR count). The summed E-state index contributed by atoms with van der Waals surface area (Å²) >= 11 is 0. The quantitative estimate of drug-likeness (QED) is 0.317. The lowest BCUT2D eigenvalue weighted by Crippen LogP contribution is -2.41. The van der Waals surface area contributed by atoms with Crippen LogP contribution in [0.1, 0.15) is 24.4 Å². The normalized spacial score (nSPS) is 15.3. The molecule has 4 aromatic rings. The van der Waals surface area contributed by atoms with E-state index in [4.69, 9.17) is 4.74 Å². The molecular formula is C29H31N7O4S. The van der Waals surface area contributed by atoms with Gasteiger partial charge in [0, 0.05) is 42.2 Å². The lowest BCUT2D eigenvalue weighted by atomic mass is 9.97. The zero-order valence-electron chi connectivity index (χ0n) is 23.0. The van der Waals surface area contributed by atoms with Crippen LogP contribution in [-0.2, 0) is 14.8 Å². The van der Waals surface area contributed by atoms with Gasteiger partial charge in [-0.2, -0.15) is 0 Å². The van der Waals surface area contributed by atoms with Gasteiger partial charge in [0.25, 0.3) is 10.0 Å². The number of carbonyl (C=O) groups excluding carboxylic acids is 1. The van der Waals surface area contributed by atoms with E-state index in [-0.39, 0.29) is 22.5 Å². The van der Waals surface area contributed by atoms with Gasteiger partial charge in [-0.3, -0.25) is 9.52 Å². The minimum absolute atomic E-state index is 0.0599. The van der Waals surface area contributed by atoms with E-state index in [0.29, 0.717) is 23.8 Å². The van der Waals surface area contributed by atoms with Crippen LogP contribution in [-0.4, -0.2) is 54.5 Å². The number of aromatic nitrogens is 4. The summed E-state index contributed by atoms with van der Waals surface area (Å²) in [7, 11) is -2.23. The molecule has 2 N–H and O–H groups in total. The molecule has 0 radical (unpaired) electrons. The highest BCUT2D eigenvalue weighted by molar-refractivity contribution is 7.92. The van der Waals surface area contributed by atoms with Crippen molar-refractivity contribution in [3.63, 3.8) is 0 Å². The molecule has 0 aliphatic carbocycles. The molecule has 11 nitrogen and oxygen atoms in total. The van der Waals surface area contributed by atoms with Crippen molar-refractivity contribution in [2.75, 3.05) is 35.1 Å². The first-order valence-corrected chi connectivity index (χ1v) is 14.7. The molecule has 12 heteroatoms. The van der Waals surface area contributed by atoms with Crippen molar-refractivity contribution in [3.05, 3.63) is 78.5 Å². The number of sulfonamides is 1. The van der Waals surface area contributed by atoms with Crippen LogP contribution in [0.15, 0.2) is 71.9 Å². The number of anilines is 3. The molecule has 1 amide bonds. The van der Waals surface area contributed by atoms with Crippen LogP contribution >= 0.6 is 0 Å². The fraction of sp³-hybridized carbons (Fsp3) is 0.276. The Labute approximate surface area is 239 Å². The van der Waals surface area contributed by atoms with Gasteiger partial charge in [0.15, 0.2) is 0 Å². The van der Waals surface area contributed by atoms with Gasteiger partial charge in [-0.25, -0.2) is 28.4 Å². The summed E-state index contributed by atoms with van der Waals surface area (Å²) in [6.07, 6.45) is 3.12. The number of carbonyl (C=O) groups is 1. The number of nitrogens with one attached hydrogen (secondary N) is 2. The number of methoxy groups -OCH3 is 1. The van der Waals surface area contributed by atoms with Crippen LogP contribution in [0, 0.1) is 19.8 Å². The Balaban J connectivity index is 1.22. The van der Waals surface area contributed by atoms with E-state index in [0.717, 1.165) is 42.2 Å². The van der Waals surface area contributed by atoms with E-state index >= 15 is 0 Å². The maximum absolute atomic E-state index is 13.2. The molecule has 1 aliphatic heterocycles. The summed E-state index contributed by atoms with van der Waals surface area (Å²) in [5, 5.41) is 2.93. The average molecular weight is 574 g/mol. The Kier molecular flexibility index (Phi) is 8.11. The molecule has 41 heavy (non-hydrogen) atoms. The van der Waals surface area contributed by atoms with E-state index in [1.54, 1.807) is 39.2 Å². The summed E-state index contributed by atoms with van der Waals surface area (Å²) < 4.78 is 33.4. The molecule has 1 atom stereocenters. The van der Waals surface area contributed by atoms with Crippen molar-refractivity contribution in [2.45, 2.75) is 31.6 Å². The number of amides is 1. The SMILES string of the molecule is COc1ccc(-c2cc(N3CCCC(C(=O)Nc4ccc(S(=O)(=O)Nc5cc(C)nc(C)n5)cc4)C3)ncn2)cc1. The average Bonchev–Trinajstić information content (AvgIpc) is 2.97. The monoisotopic (exact) mass is 573 g/mol. The molecule has 1 aliphatic rings. The van der Waals surface area contributed by atoms with Crippen LogP contribution in [0.5, 0.6) is 5.75 Å². The Morgan fingerprint density at radius 3 is 2.46 bits per heavy atom. The highest BCUT2D eigenvalue weighted by atomic mass is 32.2. The number of benzene rings is 2. The predicted molar refractivity (Wildman–Crippen MR) is 156 cm³/mol. The molecule has 0 saturated carbocycles. The maximum Gasteiger partial charge on any atom is 0.263 e. The third-order valence-electron chi connectivity index (χ3n) is 6.79. The zero-order chi connectivity index (χ0) is 29.0. The van der Waals surface area contributed by atoms with Crippen LogP contribution in [0.4, 0.5) is 17.3 Å². The standard InChI is InChI=1S/C29H31N7O4S/c1-19-15-27(33-20(2)32-19)35-41(38,39)25-12-8-23(9-13-25)34-29(37)22-5-4-14-36(17-22)28-16-26(30-18-31-28)21-6-10-24(40-3)11-7-21/h6-13,15-16,18,22H,4-5,14,17H2,1-3H3,(H,34,37)(H,32,33,35). The lowest BCUT2D eigenvalue weighted by molar-refractivity contribution is -0.120. The van der Waals surface area contributed by atoms with Gasteiger partial charge < -0.3 is 15.0 Å². The first-order valence-electron chi connectivity index (χ1n) is 13.2. The third kappa shape index (κ3) is 6.77. The number of aryl methyl sites for hydroxylation is 2. The van der Waals surface area contributed by atoms with Gasteiger partial charge in [0.05, 0.1) is 23.6 Å². The fourth-order valence-electron chi connectivity index (χ4n) is 4.77. The highest BCUT2D eigenvalue weighted by Gasteiger charge is 2.27. The van der Waals surface area contributed by atoms with Crippen molar-refractivity contribution >= 4 is 33.3 Å². The first kappa shape index (κ1) is 28.0. The van der Waals surface area contributed by atoms with Gasteiger partial charge in [0.1, 0.15) is 29.5 Å². The van der Waals surface area contributed by atoms with Crippen LogP contribution < -0.4 is 19.7 Å². The summed E-state index contributed by atoms with van der Waals surface area (Å²) in [6.45, 7) is 4.76. The fourth-order valence-corrected chi connectivity index (χ4v) is 5.76. The van der Waals surface area contributed by atoms with Gasteiger partial charge in [-0.15, -0.1) is 0 Å². The molecule has 2 aromatic heterocycles. The topological polar surface area (TPSA) is 139 Å². The molecule has 3 heterocycles. The summed E-state index contributed by atoms with van der Waals surface area (Å²) in [5.74, 6) is 1.83. The van der Waals surface area contributed by atoms with Crippen LogP contribution in [0.3, 0.4) is 0 Å². The molecule has 1 saturated heterocycles. The highest BCUT2D eigenvalue weighted by Crippen LogP contribution is 2.27. The second kappa shape index (κ2) is 11.9. The molecule has 1 unspecified atom stereocenters. The first-order chi connectivity index (χ1) is 19.7. The van der Waals surface area contributed by atoms with Gasteiger partial charge in [-0.05, 0) is 75.2 Å². The van der Waals surface area contributed by atoms with Crippen LogP contribution in [0.25, 0.3) is 11.3 Å². The van der Waals surface area contributed by atoms with Crippen molar-refractivity contribution in [1.82, 2.24) is 19.9 Å². The molecule has 212 valence electrons. The van der Waals surface area contributed by atoms with Gasteiger partial charge in [-0.1, -0.05) is 0 Å². The van der Waals surface area contributed by atoms with E-state index in [2.05, 4.69) is 34.9 Å². The van der Waals surface area contributed by atoms with E-state index < -0.39 is 10.0 Å². The molecule has 1 fully saturated rings. The number of nitrogens with zero attached hydrogens (tertiary/aromatic N) is 5. The zero-order valence-corrected chi connectivity index (χ0v) is 23.9. The van der Waals surface area contributed by atoms with Crippen molar-refractivity contribution in [3.8, 4) is 17.0 Å². The smallest absolute Gasteiger partial charge is 0.263 e. The van der Waals surface area contributed by atoms with E-state index in [1.165, 1.54) is 18.5 Å². The summed E-state index contributed by atoms with van der Waals surface area (Å²) in [4.78, 5) is 32.5. The van der Waals surface area contributed by atoms with Crippen molar-refractivity contribution in [1.29, 1.82) is 0 Å². The molecular weight excluding hydrogens is 542 g/mol. The third-order valence-corrected chi connectivity index (χ3v) is 8.16. The van der Waals surface area contributed by atoms with Crippen LogP contribution in [0.2, 0.25) is 0 Å². The second-order valence-electron chi connectivity index (χ2n) is 9.84. The Morgan fingerprint density at radius 1 is 1.00 bits per heavy atom. The minimum atomic E-state index is -3.86. The van der Waals surface area contributed by atoms with E-state index in [9.17, 15) is 13.2 Å². The summed E-state index contributed by atoms with van der Waals surface area (Å²) in [5.41, 5.74) is 2.91. The maximum atomic E-state index is 13.2. The minimum Gasteiger partial charge on any atom is -0.497 e. The Morgan fingerprint density at radius 2 is 1.76 bits per heavy atom. The van der Waals surface area contributed by atoms with E-state index in [1.807, 2.05) is 30.3 Å². The number of hydrogen-bond donors (Lipinski definition) is 2. The molecule has 0 bridgehead atoms. The molecule has 0 spiro atoms. The molecule has 2 aromatic carbocycles. The number of ether oxygens (including phenoxy) is 1. The second-order valence-corrected chi connectivity index (χ2v) is 11.5. The Bertz CT molecular complexity index is 1620. The predicted octanol–water partition coefficient (Wildman–Crippen LogP) is 4.21.